The number of aryl methyl sites for hydroxylation is 1. The number of rotatable bonds is 6. The van der Waals surface area contributed by atoms with Crippen molar-refractivity contribution < 1.29 is 18.7 Å². The molecule has 25 heavy (non-hydrogen) atoms. The van der Waals surface area contributed by atoms with Crippen molar-refractivity contribution in [3.05, 3.63) is 47.5 Å². The van der Waals surface area contributed by atoms with Crippen LogP contribution >= 0.6 is 0 Å². The number of aromatic nitrogens is 1. The van der Waals surface area contributed by atoms with Crippen molar-refractivity contribution in [1.82, 2.24) is 9.88 Å². The quantitative estimate of drug-likeness (QED) is 0.805. The first-order chi connectivity index (χ1) is 12.0. The highest BCUT2D eigenvalue weighted by Gasteiger charge is 2.22. The van der Waals surface area contributed by atoms with Crippen LogP contribution in [0.25, 0.3) is 0 Å². The fourth-order valence-electron chi connectivity index (χ4n) is 2.78. The second kappa shape index (κ2) is 7.70. The zero-order valence-electron chi connectivity index (χ0n) is 14.9. The van der Waals surface area contributed by atoms with Gasteiger partial charge in [-0.1, -0.05) is 0 Å². The van der Waals surface area contributed by atoms with Crippen molar-refractivity contribution in [2.45, 2.75) is 45.9 Å². The number of carbonyl (C=O) groups is 1. The molecule has 1 aliphatic rings. The van der Waals surface area contributed by atoms with Gasteiger partial charge in [0.2, 0.25) is 5.88 Å². The van der Waals surface area contributed by atoms with E-state index >= 15 is 0 Å². The Kier molecular flexibility index (Phi) is 5.38. The predicted molar refractivity (Wildman–Crippen MR) is 92.5 cm³/mol. The summed E-state index contributed by atoms with van der Waals surface area (Å²) in [6.45, 7) is 7.57. The van der Waals surface area contributed by atoms with Gasteiger partial charge < -0.3 is 18.8 Å². The summed E-state index contributed by atoms with van der Waals surface area (Å²) in [7, 11) is 0. The van der Waals surface area contributed by atoms with Crippen molar-refractivity contribution in [1.29, 1.82) is 0 Å². The Morgan fingerprint density at radius 3 is 2.88 bits per heavy atom. The maximum absolute atomic E-state index is 13.0. The van der Waals surface area contributed by atoms with E-state index in [0.29, 0.717) is 31.2 Å². The van der Waals surface area contributed by atoms with E-state index in [0.717, 1.165) is 17.9 Å². The van der Waals surface area contributed by atoms with Gasteiger partial charge in [0.15, 0.2) is 0 Å². The Hall–Kier alpha value is -2.34. The normalized spacial score (nSPS) is 17.0. The summed E-state index contributed by atoms with van der Waals surface area (Å²) in [5, 5.41) is 0. The molecular weight excluding hydrogens is 320 g/mol. The molecule has 1 saturated heterocycles. The zero-order chi connectivity index (χ0) is 17.8. The third-order valence-corrected chi connectivity index (χ3v) is 4.16. The van der Waals surface area contributed by atoms with Crippen molar-refractivity contribution in [3.63, 3.8) is 0 Å². The summed E-state index contributed by atoms with van der Waals surface area (Å²) in [6, 6.07) is 7.25. The Bertz CT molecular complexity index is 720. The van der Waals surface area contributed by atoms with E-state index in [9.17, 15) is 4.79 Å². The summed E-state index contributed by atoms with van der Waals surface area (Å²) >= 11 is 0. The number of ether oxygens (including phenoxy) is 2. The van der Waals surface area contributed by atoms with Crippen LogP contribution in [0, 0.1) is 6.92 Å². The first-order valence-electron chi connectivity index (χ1n) is 8.59. The number of carbonyl (C=O) groups excluding carboxylic acids is 1. The van der Waals surface area contributed by atoms with Crippen LogP contribution in [0.15, 0.2) is 34.9 Å². The Morgan fingerprint density at radius 2 is 2.24 bits per heavy atom. The lowest BCUT2D eigenvalue weighted by atomic mass is 10.2. The predicted octanol–water partition coefficient (Wildman–Crippen LogP) is 3.20. The summed E-state index contributed by atoms with van der Waals surface area (Å²) in [5.41, 5.74) is 0.556. The second-order valence-corrected chi connectivity index (χ2v) is 6.53. The van der Waals surface area contributed by atoms with Gasteiger partial charge in [0.1, 0.15) is 17.6 Å². The van der Waals surface area contributed by atoms with Gasteiger partial charge >= 0.3 is 0 Å². The van der Waals surface area contributed by atoms with E-state index in [1.54, 1.807) is 23.2 Å². The number of furan rings is 1. The van der Waals surface area contributed by atoms with E-state index < -0.39 is 0 Å². The molecule has 0 aliphatic carbocycles. The van der Waals surface area contributed by atoms with Crippen molar-refractivity contribution in [2.24, 2.45) is 0 Å². The molecule has 0 spiro atoms. The lowest BCUT2D eigenvalue weighted by molar-refractivity contribution is 0.0674. The molecule has 1 fully saturated rings. The highest BCUT2D eigenvalue weighted by Crippen LogP contribution is 2.19. The SMILES string of the molecule is Cc1ccc(CN(C(=O)c2ccnc(O[C@H]3CCOC3)c2)C(C)C)o1. The van der Waals surface area contributed by atoms with Gasteiger partial charge in [0.25, 0.3) is 5.91 Å². The average molecular weight is 344 g/mol. The van der Waals surface area contributed by atoms with Crippen LogP contribution in [0.1, 0.15) is 42.1 Å². The van der Waals surface area contributed by atoms with E-state index in [4.69, 9.17) is 13.9 Å². The Balaban J connectivity index is 1.74. The smallest absolute Gasteiger partial charge is 0.254 e. The molecular formula is C19H24N2O4. The van der Waals surface area contributed by atoms with E-state index in [2.05, 4.69) is 4.98 Å². The van der Waals surface area contributed by atoms with Crippen LogP contribution in [0.2, 0.25) is 0 Å². The second-order valence-electron chi connectivity index (χ2n) is 6.53. The largest absolute Gasteiger partial charge is 0.472 e. The summed E-state index contributed by atoms with van der Waals surface area (Å²) in [6.07, 6.45) is 2.45. The molecule has 0 aromatic carbocycles. The van der Waals surface area contributed by atoms with Crippen molar-refractivity contribution >= 4 is 5.91 Å². The molecule has 1 amide bonds. The third-order valence-electron chi connectivity index (χ3n) is 4.16. The monoisotopic (exact) mass is 344 g/mol. The maximum Gasteiger partial charge on any atom is 0.254 e. The Labute approximate surface area is 147 Å². The van der Waals surface area contributed by atoms with Crippen molar-refractivity contribution in [2.75, 3.05) is 13.2 Å². The lowest BCUT2D eigenvalue weighted by Gasteiger charge is -2.26. The first-order valence-corrected chi connectivity index (χ1v) is 8.59. The number of hydrogen-bond acceptors (Lipinski definition) is 5. The van der Waals surface area contributed by atoms with Crippen LogP contribution in [-0.2, 0) is 11.3 Å². The molecule has 2 aromatic rings. The van der Waals surface area contributed by atoms with Crippen LogP contribution < -0.4 is 4.74 Å². The van der Waals surface area contributed by atoms with Crippen LogP contribution in [0.4, 0.5) is 0 Å². The molecule has 0 saturated carbocycles. The fourth-order valence-corrected chi connectivity index (χ4v) is 2.78. The molecule has 134 valence electrons. The molecule has 1 aliphatic heterocycles. The number of hydrogen-bond donors (Lipinski definition) is 0. The minimum atomic E-state index is -0.0704. The van der Waals surface area contributed by atoms with Gasteiger partial charge in [0.05, 0.1) is 19.8 Å². The molecule has 3 heterocycles. The van der Waals surface area contributed by atoms with Crippen molar-refractivity contribution in [3.8, 4) is 5.88 Å². The van der Waals surface area contributed by atoms with Gasteiger partial charge in [-0.15, -0.1) is 0 Å². The van der Waals surface area contributed by atoms with E-state index in [-0.39, 0.29) is 18.1 Å². The lowest BCUT2D eigenvalue weighted by Crippen LogP contribution is -2.36. The van der Waals surface area contributed by atoms with Gasteiger partial charge in [0, 0.05) is 30.3 Å². The third kappa shape index (κ3) is 4.39. The molecule has 6 nitrogen and oxygen atoms in total. The molecule has 1 atom stereocenters. The molecule has 6 heteroatoms. The van der Waals surface area contributed by atoms with Gasteiger partial charge in [-0.05, 0) is 39.0 Å². The van der Waals surface area contributed by atoms with Gasteiger partial charge in [-0.25, -0.2) is 4.98 Å². The molecule has 0 unspecified atom stereocenters. The highest BCUT2D eigenvalue weighted by atomic mass is 16.5. The average Bonchev–Trinajstić information content (AvgIpc) is 3.24. The van der Waals surface area contributed by atoms with E-state index in [1.165, 1.54) is 0 Å². The zero-order valence-corrected chi connectivity index (χ0v) is 14.9. The topological polar surface area (TPSA) is 64.8 Å². The summed E-state index contributed by atoms with van der Waals surface area (Å²) < 4.78 is 16.7. The molecule has 2 aromatic heterocycles. The maximum atomic E-state index is 13.0. The number of amides is 1. The van der Waals surface area contributed by atoms with Crippen LogP contribution in [-0.4, -0.2) is 41.2 Å². The fraction of sp³-hybridized carbons (Fsp3) is 0.474. The minimum Gasteiger partial charge on any atom is -0.472 e. The molecule has 3 rings (SSSR count). The number of nitrogens with zero attached hydrogens (tertiary/aromatic N) is 2. The standard InChI is InChI=1S/C19H24N2O4/c1-13(2)21(11-16-5-4-14(3)24-16)19(22)15-6-8-20-18(10-15)25-17-7-9-23-12-17/h4-6,8,10,13,17H,7,9,11-12H2,1-3H3/t17-/m0/s1. The molecule has 0 radical (unpaired) electrons. The van der Waals surface area contributed by atoms with Crippen LogP contribution in [0.5, 0.6) is 5.88 Å². The number of pyridine rings is 1. The summed E-state index contributed by atoms with van der Waals surface area (Å²) in [4.78, 5) is 18.9. The molecule has 0 N–H and O–H groups in total. The first kappa shape index (κ1) is 17.5. The van der Waals surface area contributed by atoms with Gasteiger partial charge in [-0.2, -0.15) is 0 Å². The molecule has 0 bridgehead atoms. The van der Waals surface area contributed by atoms with Crippen LogP contribution in [0.3, 0.4) is 0 Å². The highest BCUT2D eigenvalue weighted by molar-refractivity contribution is 5.94. The minimum absolute atomic E-state index is 0.00477. The Morgan fingerprint density at radius 1 is 1.40 bits per heavy atom. The van der Waals surface area contributed by atoms with E-state index in [1.807, 2.05) is 32.9 Å². The summed E-state index contributed by atoms with van der Waals surface area (Å²) in [5.74, 6) is 2.00. The van der Waals surface area contributed by atoms with Gasteiger partial charge in [-0.3, -0.25) is 4.79 Å².